The Labute approximate surface area is 140 Å². The Kier molecular flexibility index (Phi) is 5.77. The van der Waals surface area contributed by atoms with E-state index in [2.05, 4.69) is 19.2 Å². The number of halogens is 3. The Morgan fingerprint density at radius 2 is 1.71 bits per heavy atom. The molecule has 0 radical (unpaired) electrons. The molecule has 5 heteroatoms. The minimum absolute atomic E-state index is 0.238. The lowest BCUT2D eigenvalue weighted by atomic mass is 10.1. The van der Waals surface area contributed by atoms with E-state index in [9.17, 15) is 0 Å². The minimum atomic E-state index is 0.238. The van der Waals surface area contributed by atoms with Crippen LogP contribution in [0, 0.1) is 0 Å². The molecule has 0 saturated carbocycles. The van der Waals surface area contributed by atoms with Gasteiger partial charge in [0, 0.05) is 16.1 Å². The normalized spacial score (nSPS) is 12.2. The van der Waals surface area contributed by atoms with Crippen LogP contribution in [0.15, 0.2) is 36.4 Å². The van der Waals surface area contributed by atoms with Gasteiger partial charge in [0.25, 0.3) is 0 Å². The van der Waals surface area contributed by atoms with E-state index in [1.54, 1.807) is 18.2 Å². The zero-order valence-corrected chi connectivity index (χ0v) is 14.1. The SMILES string of the molecule is CCNC(C)c1ccc(Oc2cc(Cl)cc(Cl)c2)c(Cl)c1. The lowest BCUT2D eigenvalue weighted by Gasteiger charge is -2.15. The van der Waals surface area contributed by atoms with Gasteiger partial charge in [-0.3, -0.25) is 0 Å². The standard InChI is InChI=1S/C16H16Cl3NO/c1-3-20-10(2)11-4-5-16(15(19)6-11)21-14-8-12(17)7-13(18)9-14/h4-10,20H,3H2,1-2H3. The van der Waals surface area contributed by atoms with Crippen molar-refractivity contribution in [2.75, 3.05) is 6.54 Å². The third-order valence-corrected chi connectivity index (χ3v) is 3.76. The van der Waals surface area contributed by atoms with Crippen molar-refractivity contribution in [3.63, 3.8) is 0 Å². The van der Waals surface area contributed by atoms with Crippen LogP contribution in [0.2, 0.25) is 15.1 Å². The first-order chi connectivity index (χ1) is 9.99. The zero-order chi connectivity index (χ0) is 15.4. The van der Waals surface area contributed by atoms with E-state index in [0.29, 0.717) is 26.6 Å². The van der Waals surface area contributed by atoms with Crippen molar-refractivity contribution in [1.29, 1.82) is 0 Å². The van der Waals surface area contributed by atoms with Gasteiger partial charge in [-0.15, -0.1) is 0 Å². The Balaban J connectivity index is 2.21. The van der Waals surface area contributed by atoms with Crippen molar-refractivity contribution in [2.45, 2.75) is 19.9 Å². The van der Waals surface area contributed by atoms with E-state index in [1.165, 1.54) is 0 Å². The van der Waals surface area contributed by atoms with Crippen molar-refractivity contribution >= 4 is 34.8 Å². The van der Waals surface area contributed by atoms with Gasteiger partial charge in [0.05, 0.1) is 5.02 Å². The summed E-state index contributed by atoms with van der Waals surface area (Å²) in [5.41, 5.74) is 1.11. The number of rotatable bonds is 5. The van der Waals surface area contributed by atoms with Crippen LogP contribution in [0.25, 0.3) is 0 Å². The maximum Gasteiger partial charge on any atom is 0.146 e. The number of benzene rings is 2. The van der Waals surface area contributed by atoms with Crippen LogP contribution in [0.4, 0.5) is 0 Å². The molecular weight excluding hydrogens is 329 g/mol. The fourth-order valence-corrected chi connectivity index (χ4v) is 2.74. The molecule has 2 rings (SSSR count). The summed E-state index contributed by atoms with van der Waals surface area (Å²) in [6, 6.07) is 11.0. The lowest BCUT2D eigenvalue weighted by molar-refractivity contribution is 0.482. The van der Waals surface area contributed by atoms with Gasteiger partial charge in [0.2, 0.25) is 0 Å². The van der Waals surface area contributed by atoms with Crippen LogP contribution in [0.3, 0.4) is 0 Å². The lowest BCUT2D eigenvalue weighted by Crippen LogP contribution is -2.17. The summed E-state index contributed by atoms with van der Waals surface area (Å²) in [6.07, 6.45) is 0. The summed E-state index contributed by atoms with van der Waals surface area (Å²) >= 11 is 18.2. The molecule has 1 atom stereocenters. The molecule has 0 spiro atoms. The van der Waals surface area contributed by atoms with E-state index < -0.39 is 0 Å². The van der Waals surface area contributed by atoms with Crippen LogP contribution in [0.5, 0.6) is 11.5 Å². The molecule has 0 aliphatic carbocycles. The van der Waals surface area contributed by atoms with Gasteiger partial charge in [0.15, 0.2) is 0 Å². The van der Waals surface area contributed by atoms with E-state index in [0.717, 1.165) is 12.1 Å². The number of nitrogens with one attached hydrogen (secondary N) is 1. The average molecular weight is 345 g/mol. The van der Waals surface area contributed by atoms with Crippen molar-refractivity contribution < 1.29 is 4.74 Å². The highest BCUT2D eigenvalue weighted by atomic mass is 35.5. The van der Waals surface area contributed by atoms with Crippen LogP contribution in [-0.2, 0) is 0 Å². The molecule has 0 amide bonds. The van der Waals surface area contributed by atoms with E-state index >= 15 is 0 Å². The summed E-state index contributed by atoms with van der Waals surface area (Å²) in [4.78, 5) is 0. The molecule has 2 aromatic carbocycles. The van der Waals surface area contributed by atoms with E-state index in [4.69, 9.17) is 39.5 Å². The summed E-state index contributed by atoms with van der Waals surface area (Å²) in [7, 11) is 0. The average Bonchev–Trinajstić information content (AvgIpc) is 2.40. The quantitative estimate of drug-likeness (QED) is 0.706. The fourth-order valence-electron chi connectivity index (χ4n) is 2.01. The third kappa shape index (κ3) is 4.52. The Morgan fingerprint density at radius 1 is 1.05 bits per heavy atom. The first kappa shape index (κ1) is 16.4. The largest absolute Gasteiger partial charge is 0.456 e. The van der Waals surface area contributed by atoms with Crippen molar-refractivity contribution in [1.82, 2.24) is 5.32 Å². The first-order valence-corrected chi connectivity index (χ1v) is 7.79. The minimum Gasteiger partial charge on any atom is -0.456 e. The van der Waals surface area contributed by atoms with Crippen LogP contribution < -0.4 is 10.1 Å². The van der Waals surface area contributed by atoms with Crippen LogP contribution in [-0.4, -0.2) is 6.54 Å². The molecule has 0 saturated heterocycles. The molecule has 112 valence electrons. The molecule has 2 nitrogen and oxygen atoms in total. The molecule has 21 heavy (non-hydrogen) atoms. The van der Waals surface area contributed by atoms with Gasteiger partial charge in [-0.25, -0.2) is 0 Å². The highest BCUT2D eigenvalue weighted by Crippen LogP contribution is 2.34. The first-order valence-electron chi connectivity index (χ1n) is 6.66. The molecular formula is C16H16Cl3NO. The van der Waals surface area contributed by atoms with Crippen LogP contribution >= 0.6 is 34.8 Å². The van der Waals surface area contributed by atoms with Crippen LogP contribution in [0.1, 0.15) is 25.5 Å². The zero-order valence-electron chi connectivity index (χ0n) is 11.8. The second-order valence-corrected chi connectivity index (χ2v) is 5.96. The summed E-state index contributed by atoms with van der Waals surface area (Å²) < 4.78 is 5.74. The second kappa shape index (κ2) is 7.37. The monoisotopic (exact) mass is 343 g/mol. The molecule has 0 heterocycles. The fraction of sp³-hybridized carbons (Fsp3) is 0.250. The van der Waals surface area contributed by atoms with Gasteiger partial charge in [-0.1, -0.05) is 47.8 Å². The van der Waals surface area contributed by atoms with Gasteiger partial charge in [-0.2, -0.15) is 0 Å². The highest BCUT2D eigenvalue weighted by molar-refractivity contribution is 6.34. The summed E-state index contributed by atoms with van der Waals surface area (Å²) in [6.45, 7) is 5.06. The molecule has 1 unspecified atom stereocenters. The Hall–Kier alpha value is -0.930. The predicted octanol–water partition coefficient (Wildman–Crippen LogP) is 6.11. The third-order valence-electron chi connectivity index (χ3n) is 3.03. The van der Waals surface area contributed by atoms with Crippen molar-refractivity contribution in [2.24, 2.45) is 0 Å². The Morgan fingerprint density at radius 3 is 2.29 bits per heavy atom. The summed E-state index contributed by atoms with van der Waals surface area (Å²) in [5, 5.41) is 4.93. The molecule has 1 N–H and O–H groups in total. The topological polar surface area (TPSA) is 21.3 Å². The summed E-state index contributed by atoms with van der Waals surface area (Å²) in [5.74, 6) is 1.13. The second-order valence-electron chi connectivity index (χ2n) is 4.68. The van der Waals surface area contributed by atoms with Crippen molar-refractivity contribution in [3.05, 3.63) is 57.0 Å². The maximum atomic E-state index is 6.28. The number of ether oxygens (including phenoxy) is 1. The van der Waals surface area contributed by atoms with Gasteiger partial charge < -0.3 is 10.1 Å². The maximum absolute atomic E-state index is 6.28. The number of hydrogen-bond acceptors (Lipinski definition) is 2. The van der Waals surface area contributed by atoms with Gasteiger partial charge >= 0.3 is 0 Å². The molecule has 0 fully saturated rings. The number of hydrogen-bond donors (Lipinski definition) is 1. The predicted molar refractivity (Wildman–Crippen MR) is 90.1 cm³/mol. The molecule has 0 aromatic heterocycles. The smallest absolute Gasteiger partial charge is 0.146 e. The molecule has 2 aromatic rings. The molecule has 0 aliphatic rings. The van der Waals surface area contributed by atoms with Gasteiger partial charge in [-0.05, 0) is 49.4 Å². The van der Waals surface area contributed by atoms with Crippen molar-refractivity contribution in [3.8, 4) is 11.5 Å². The van der Waals surface area contributed by atoms with E-state index in [-0.39, 0.29) is 6.04 Å². The Bertz CT molecular complexity index is 611. The van der Waals surface area contributed by atoms with Gasteiger partial charge in [0.1, 0.15) is 11.5 Å². The van der Waals surface area contributed by atoms with E-state index in [1.807, 2.05) is 18.2 Å². The highest BCUT2D eigenvalue weighted by Gasteiger charge is 2.09. The molecule has 0 aliphatic heterocycles. The molecule has 0 bridgehead atoms.